The van der Waals surface area contributed by atoms with Crippen molar-refractivity contribution in [3.05, 3.63) is 0 Å². The van der Waals surface area contributed by atoms with E-state index in [0.717, 1.165) is 13.0 Å². The first-order chi connectivity index (χ1) is 6.24. The van der Waals surface area contributed by atoms with Crippen LogP contribution in [0.4, 0.5) is 0 Å². The highest BCUT2D eigenvalue weighted by Crippen LogP contribution is 2.20. The van der Waals surface area contributed by atoms with Crippen molar-refractivity contribution in [2.45, 2.75) is 59.7 Å². The summed E-state index contributed by atoms with van der Waals surface area (Å²) >= 11 is 0. The van der Waals surface area contributed by atoms with Crippen LogP contribution in [0.2, 0.25) is 0 Å². The Morgan fingerprint density at radius 1 is 1.14 bits per heavy atom. The average molecular weight is 202 g/mol. The Morgan fingerprint density at radius 2 is 1.64 bits per heavy atom. The van der Waals surface area contributed by atoms with Gasteiger partial charge < -0.3 is 9.84 Å². The van der Waals surface area contributed by atoms with Crippen molar-refractivity contribution in [3.63, 3.8) is 0 Å². The van der Waals surface area contributed by atoms with Gasteiger partial charge in [-0.15, -0.1) is 0 Å². The topological polar surface area (TPSA) is 29.5 Å². The molecule has 0 aliphatic rings. The monoisotopic (exact) mass is 202 g/mol. The summed E-state index contributed by atoms with van der Waals surface area (Å²) in [6.07, 6.45) is 0.700. The highest BCUT2D eigenvalue weighted by molar-refractivity contribution is 4.69. The summed E-state index contributed by atoms with van der Waals surface area (Å²) in [6, 6.07) is 0. The number of hydrogen-bond acceptors (Lipinski definition) is 2. The Bertz CT molecular complexity index is 137. The molecule has 0 rings (SSSR count). The van der Waals surface area contributed by atoms with Crippen molar-refractivity contribution in [1.29, 1.82) is 0 Å². The highest BCUT2D eigenvalue weighted by Gasteiger charge is 2.19. The Balaban J connectivity index is 3.84. The van der Waals surface area contributed by atoms with E-state index in [-0.39, 0.29) is 11.7 Å². The van der Waals surface area contributed by atoms with Gasteiger partial charge in [0.25, 0.3) is 0 Å². The van der Waals surface area contributed by atoms with Gasteiger partial charge in [0.1, 0.15) is 0 Å². The van der Waals surface area contributed by atoms with Crippen molar-refractivity contribution in [2.75, 3.05) is 6.61 Å². The van der Waals surface area contributed by atoms with Crippen LogP contribution in [0.25, 0.3) is 0 Å². The largest absolute Gasteiger partial charge is 0.393 e. The second-order valence-corrected chi connectivity index (χ2v) is 5.40. The van der Waals surface area contributed by atoms with Crippen LogP contribution in [0.5, 0.6) is 0 Å². The zero-order valence-electron chi connectivity index (χ0n) is 10.5. The van der Waals surface area contributed by atoms with Crippen LogP contribution >= 0.6 is 0 Å². The van der Waals surface area contributed by atoms with Gasteiger partial charge in [-0.05, 0) is 46.0 Å². The van der Waals surface area contributed by atoms with Crippen molar-refractivity contribution < 1.29 is 9.84 Å². The summed E-state index contributed by atoms with van der Waals surface area (Å²) in [6.45, 7) is 13.1. The molecule has 0 amide bonds. The van der Waals surface area contributed by atoms with E-state index in [9.17, 15) is 5.11 Å². The molecule has 0 saturated carbocycles. The average Bonchev–Trinajstić information content (AvgIpc) is 1.94. The predicted molar refractivity (Wildman–Crippen MR) is 60.3 cm³/mol. The van der Waals surface area contributed by atoms with E-state index < -0.39 is 0 Å². The van der Waals surface area contributed by atoms with Gasteiger partial charge in [-0.25, -0.2) is 0 Å². The predicted octanol–water partition coefficient (Wildman–Crippen LogP) is 2.84. The van der Waals surface area contributed by atoms with Crippen LogP contribution in [0.15, 0.2) is 0 Å². The first-order valence-corrected chi connectivity index (χ1v) is 5.56. The highest BCUT2D eigenvalue weighted by atomic mass is 16.5. The van der Waals surface area contributed by atoms with Gasteiger partial charge in [0.05, 0.1) is 11.7 Å². The molecule has 2 unspecified atom stereocenters. The Hall–Kier alpha value is -0.0800. The number of rotatable bonds is 5. The lowest BCUT2D eigenvalue weighted by molar-refractivity contribution is -0.0226. The van der Waals surface area contributed by atoms with E-state index >= 15 is 0 Å². The van der Waals surface area contributed by atoms with E-state index in [4.69, 9.17) is 4.74 Å². The maximum absolute atomic E-state index is 9.56. The first-order valence-electron chi connectivity index (χ1n) is 5.56. The zero-order chi connectivity index (χ0) is 11.4. The molecule has 0 aromatic rings. The lowest BCUT2D eigenvalue weighted by Crippen LogP contribution is -2.26. The summed E-state index contributed by atoms with van der Waals surface area (Å²) in [5, 5.41) is 9.56. The Kier molecular flexibility index (Phi) is 5.68. The molecule has 0 aliphatic heterocycles. The van der Waals surface area contributed by atoms with Gasteiger partial charge in [0.15, 0.2) is 0 Å². The number of aliphatic hydroxyl groups excluding tert-OH is 1. The van der Waals surface area contributed by atoms with Crippen molar-refractivity contribution in [2.24, 2.45) is 11.8 Å². The third-order valence-electron chi connectivity index (χ3n) is 2.46. The smallest absolute Gasteiger partial charge is 0.0598 e. The quantitative estimate of drug-likeness (QED) is 0.743. The van der Waals surface area contributed by atoms with Crippen LogP contribution in [-0.2, 0) is 4.74 Å². The number of hydrogen-bond donors (Lipinski definition) is 1. The molecule has 1 N–H and O–H groups in total. The molecule has 0 aliphatic carbocycles. The van der Waals surface area contributed by atoms with Gasteiger partial charge in [0.2, 0.25) is 0 Å². The lowest BCUT2D eigenvalue weighted by Gasteiger charge is -2.26. The van der Waals surface area contributed by atoms with E-state index in [1.165, 1.54) is 0 Å². The second kappa shape index (κ2) is 5.72. The summed E-state index contributed by atoms with van der Waals surface area (Å²) in [5.74, 6) is 0.857. The van der Waals surface area contributed by atoms with E-state index in [2.05, 4.69) is 34.6 Å². The van der Waals surface area contributed by atoms with Crippen molar-refractivity contribution in [3.8, 4) is 0 Å². The number of ether oxygens (including phenoxy) is 1. The molecule has 0 fully saturated rings. The van der Waals surface area contributed by atoms with Crippen LogP contribution < -0.4 is 0 Å². The lowest BCUT2D eigenvalue weighted by atomic mass is 9.88. The fourth-order valence-corrected chi connectivity index (χ4v) is 1.63. The summed E-state index contributed by atoms with van der Waals surface area (Å²) in [4.78, 5) is 0. The maximum Gasteiger partial charge on any atom is 0.0598 e. The summed E-state index contributed by atoms with van der Waals surface area (Å²) in [7, 11) is 0. The molecule has 0 bridgehead atoms. The van der Waals surface area contributed by atoms with Gasteiger partial charge >= 0.3 is 0 Å². The molecule has 2 heteroatoms. The normalized spacial score (nSPS) is 17.1. The molecule has 0 saturated heterocycles. The molecular weight excluding hydrogens is 176 g/mol. The van der Waals surface area contributed by atoms with E-state index in [1.54, 1.807) is 0 Å². The Morgan fingerprint density at radius 3 is 1.93 bits per heavy atom. The fourth-order valence-electron chi connectivity index (χ4n) is 1.63. The molecule has 2 nitrogen and oxygen atoms in total. The molecule has 0 aromatic carbocycles. The molecule has 0 aromatic heterocycles. The summed E-state index contributed by atoms with van der Waals surface area (Å²) < 4.78 is 5.65. The minimum Gasteiger partial charge on any atom is -0.393 e. The van der Waals surface area contributed by atoms with Gasteiger partial charge in [-0.1, -0.05) is 13.8 Å². The third-order valence-corrected chi connectivity index (χ3v) is 2.46. The molecule has 86 valence electrons. The minimum absolute atomic E-state index is 0.0692. The maximum atomic E-state index is 9.56. The first kappa shape index (κ1) is 13.9. The van der Waals surface area contributed by atoms with Crippen molar-refractivity contribution >= 4 is 0 Å². The SMILES string of the molecule is CC(C)C(CCOC(C)(C)C)C(C)O. The second-order valence-electron chi connectivity index (χ2n) is 5.40. The third kappa shape index (κ3) is 6.39. The molecule has 0 radical (unpaired) electrons. The van der Waals surface area contributed by atoms with Gasteiger partial charge in [-0.3, -0.25) is 0 Å². The van der Waals surface area contributed by atoms with Gasteiger partial charge in [0, 0.05) is 6.61 Å². The molecular formula is C12H26O2. The fraction of sp³-hybridized carbons (Fsp3) is 1.00. The molecule has 14 heavy (non-hydrogen) atoms. The van der Waals surface area contributed by atoms with Crippen LogP contribution in [0.3, 0.4) is 0 Å². The Labute approximate surface area is 88.7 Å². The standard InChI is InChI=1S/C12H26O2/c1-9(2)11(10(3)13)7-8-14-12(4,5)6/h9-11,13H,7-8H2,1-6H3. The molecule has 0 heterocycles. The van der Waals surface area contributed by atoms with E-state index in [1.807, 2.05) is 6.92 Å². The molecule has 2 atom stereocenters. The van der Waals surface area contributed by atoms with Crippen LogP contribution in [0, 0.1) is 11.8 Å². The van der Waals surface area contributed by atoms with Crippen LogP contribution in [-0.4, -0.2) is 23.4 Å². The summed E-state index contributed by atoms with van der Waals surface area (Å²) in [5.41, 5.74) is -0.0692. The van der Waals surface area contributed by atoms with Crippen molar-refractivity contribution in [1.82, 2.24) is 0 Å². The van der Waals surface area contributed by atoms with Gasteiger partial charge in [-0.2, -0.15) is 0 Å². The number of aliphatic hydroxyl groups is 1. The molecule has 0 spiro atoms. The van der Waals surface area contributed by atoms with E-state index in [0.29, 0.717) is 11.8 Å². The van der Waals surface area contributed by atoms with Crippen LogP contribution in [0.1, 0.15) is 48.0 Å². The zero-order valence-corrected chi connectivity index (χ0v) is 10.5. The minimum atomic E-state index is -0.237.